The Morgan fingerprint density at radius 1 is 1.40 bits per heavy atom. The Bertz CT molecular complexity index is 765. The molecule has 0 aromatic carbocycles. The smallest absolute Gasteiger partial charge is 0.313 e. The molecule has 0 aliphatic heterocycles. The number of imidazole rings is 1. The molecule has 3 rings (SSSR count). The lowest BCUT2D eigenvalue weighted by Crippen LogP contribution is -2.01. The maximum atomic E-state index is 10.8. The fourth-order valence-electron chi connectivity index (χ4n) is 1.87. The van der Waals surface area contributed by atoms with Crippen molar-refractivity contribution in [1.82, 2.24) is 14.5 Å². The molecule has 3 aromatic heterocycles. The van der Waals surface area contributed by atoms with Crippen LogP contribution in [0, 0.1) is 6.92 Å². The van der Waals surface area contributed by atoms with Crippen molar-refractivity contribution in [3.63, 3.8) is 0 Å². The third-order valence-electron chi connectivity index (χ3n) is 2.70. The quantitative estimate of drug-likeness (QED) is 0.751. The van der Waals surface area contributed by atoms with Gasteiger partial charge in [-0.25, -0.2) is 9.97 Å². The molecule has 0 fully saturated rings. The van der Waals surface area contributed by atoms with Gasteiger partial charge in [-0.3, -0.25) is 9.36 Å². The number of carboxylic acids is 1. The van der Waals surface area contributed by atoms with E-state index in [1.54, 1.807) is 11.3 Å². The highest BCUT2D eigenvalue weighted by Gasteiger charge is 2.15. The number of carbonyl (C=O) groups is 1. The molecule has 0 aliphatic carbocycles. The number of carboxylic acid groups (broad SMARTS) is 1. The zero-order valence-electron chi connectivity index (χ0n) is 10.6. The van der Waals surface area contributed by atoms with Crippen LogP contribution in [-0.2, 0) is 4.79 Å². The molecule has 0 saturated carbocycles. The van der Waals surface area contributed by atoms with Gasteiger partial charge < -0.3 is 5.11 Å². The van der Waals surface area contributed by atoms with Crippen LogP contribution < -0.4 is 0 Å². The van der Waals surface area contributed by atoms with E-state index in [1.807, 2.05) is 40.5 Å². The predicted octanol–water partition coefficient (Wildman–Crippen LogP) is 2.97. The van der Waals surface area contributed by atoms with E-state index in [1.165, 1.54) is 11.8 Å². The number of fused-ring (bicyclic) bond motifs is 1. The SMILES string of the molecule is Cc1ccc2nc(SCC(=O)O)n(-c3ccsc3)c2n1. The van der Waals surface area contributed by atoms with Crippen molar-refractivity contribution < 1.29 is 9.90 Å². The molecule has 5 nitrogen and oxygen atoms in total. The van der Waals surface area contributed by atoms with Crippen molar-refractivity contribution in [3.8, 4) is 5.69 Å². The van der Waals surface area contributed by atoms with Crippen molar-refractivity contribution in [1.29, 1.82) is 0 Å². The number of thioether (sulfide) groups is 1. The molecule has 0 aliphatic rings. The van der Waals surface area contributed by atoms with Gasteiger partial charge in [0.05, 0.1) is 11.4 Å². The number of pyridine rings is 1. The minimum atomic E-state index is -0.858. The van der Waals surface area contributed by atoms with Crippen molar-refractivity contribution in [2.45, 2.75) is 12.1 Å². The lowest BCUT2D eigenvalue weighted by molar-refractivity contribution is -0.133. The lowest BCUT2D eigenvalue weighted by Gasteiger charge is -2.05. The summed E-state index contributed by atoms with van der Waals surface area (Å²) in [5, 5.41) is 13.5. The van der Waals surface area contributed by atoms with Crippen LogP contribution in [0.3, 0.4) is 0 Å². The van der Waals surface area contributed by atoms with E-state index < -0.39 is 5.97 Å². The highest BCUT2D eigenvalue weighted by Crippen LogP contribution is 2.28. The second-order valence-electron chi connectivity index (χ2n) is 4.19. The first-order chi connectivity index (χ1) is 9.65. The summed E-state index contributed by atoms with van der Waals surface area (Å²) < 4.78 is 1.91. The summed E-state index contributed by atoms with van der Waals surface area (Å²) in [4.78, 5) is 19.8. The van der Waals surface area contributed by atoms with Crippen LogP contribution in [0.25, 0.3) is 16.9 Å². The highest BCUT2D eigenvalue weighted by molar-refractivity contribution is 7.99. The third kappa shape index (κ3) is 2.41. The Kier molecular flexibility index (Phi) is 3.45. The first kappa shape index (κ1) is 13.1. The van der Waals surface area contributed by atoms with Gasteiger partial charge in [-0.1, -0.05) is 11.8 Å². The fraction of sp³-hybridized carbons (Fsp3) is 0.154. The molecule has 1 N–H and O–H groups in total. The minimum Gasteiger partial charge on any atom is -0.481 e. The lowest BCUT2D eigenvalue weighted by atomic mass is 10.3. The van der Waals surface area contributed by atoms with E-state index in [9.17, 15) is 4.79 Å². The molecule has 0 radical (unpaired) electrons. The maximum absolute atomic E-state index is 10.8. The number of aliphatic carboxylic acids is 1. The van der Waals surface area contributed by atoms with Gasteiger partial charge in [0.1, 0.15) is 5.52 Å². The summed E-state index contributed by atoms with van der Waals surface area (Å²) in [6, 6.07) is 5.78. The molecule has 0 unspecified atom stereocenters. The Morgan fingerprint density at radius 3 is 2.95 bits per heavy atom. The number of hydrogen-bond donors (Lipinski definition) is 1. The Labute approximate surface area is 123 Å². The van der Waals surface area contributed by atoms with Gasteiger partial charge in [-0.2, -0.15) is 11.3 Å². The molecule has 3 aromatic rings. The zero-order chi connectivity index (χ0) is 14.1. The summed E-state index contributed by atoms with van der Waals surface area (Å²) in [5.74, 6) is -0.880. The Balaban J connectivity index is 2.17. The maximum Gasteiger partial charge on any atom is 0.313 e. The fourth-order valence-corrected chi connectivity index (χ4v) is 3.23. The molecular weight excluding hydrogens is 294 g/mol. The second-order valence-corrected chi connectivity index (χ2v) is 5.91. The van der Waals surface area contributed by atoms with Crippen molar-refractivity contribution in [2.24, 2.45) is 0 Å². The predicted molar refractivity (Wildman–Crippen MR) is 79.8 cm³/mol. The molecule has 0 spiro atoms. The average molecular weight is 305 g/mol. The summed E-state index contributed by atoms with van der Waals surface area (Å²) >= 11 is 2.78. The highest BCUT2D eigenvalue weighted by atomic mass is 32.2. The van der Waals surface area contributed by atoms with Crippen molar-refractivity contribution in [2.75, 3.05) is 5.75 Å². The number of hydrogen-bond acceptors (Lipinski definition) is 5. The van der Waals surface area contributed by atoms with Crippen LogP contribution in [0.5, 0.6) is 0 Å². The summed E-state index contributed by atoms with van der Waals surface area (Å²) in [5.41, 5.74) is 3.40. The van der Waals surface area contributed by atoms with E-state index in [2.05, 4.69) is 9.97 Å². The largest absolute Gasteiger partial charge is 0.481 e. The van der Waals surface area contributed by atoms with E-state index >= 15 is 0 Å². The number of rotatable bonds is 4. The topological polar surface area (TPSA) is 68.0 Å². The standard InChI is InChI=1S/C13H11N3O2S2/c1-8-2-3-10-12(14-8)16(9-4-5-19-6-9)13(15-10)20-7-11(17)18/h2-6H,7H2,1H3,(H,17,18). The molecule has 0 bridgehead atoms. The van der Waals surface area contributed by atoms with Gasteiger partial charge in [0, 0.05) is 11.1 Å². The Morgan fingerprint density at radius 2 is 2.25 bits per heavy atom. The molecular formula is C13H11N3O2S2. The first-order valence-corrected chi connectivity index (χ1v) is 7.81. The molecule has 0 amide bonds. The average Bonchev–Trinajstić information content (AvgIpc) is 3.02. The van der Waals surface area contributed by atoms with E-state index in [4.69, 9.17) is 5.11 Å². The summed E-state index contributed by atoms with van der Waals surface area (Å²) in [7, 11) is 0. The van der Waals surface area contributed by atoms with Crippen LogP contribution in [-0.4, -0.2) is 31.4 Å². The van der Waals surface area contributed by atoms with Crippen molar-refractivity contribution >= 4 is 40.2 Å². The van der Waals surface area contributed by atoms with Crippen molar-refractivity contribution in [3.05, 3.63) is 34.7 Å². The molecule has 0 atom stereocenters. The number of thiophene rings is 1. The van der Waals surface area contributed by atoms with Gasteiger partial charge in [0.2, 0.25) is 0 Å². The number of aryl methyl sites for hydroxylation is 1. The normalized spacial score (nSPS) is 11.1. The third-order valence-corrected chi connectivity index (χ3v) is 4.30. The molecule has 7 heteroatoms. The zero-order valence-corrected chi connectivity index (χ0v) is 12.2. The summed E-state index contributed by atoms with van der Waals surface area (Å²) in [6.07, 6.45) is 0. The summed E-state index contributed by atoms with van der Waals surface area (Å²) in [6.45, 7) is 1.93. The van der Waals surface area contributed by atoms with Gasteiger partial charge in [-0.15, -0.1) is 0 Å². The minimum absolute atomic E-state index is 0.0214. The van der Waals surface area contributed by atoms with E-state index in [-0.39, 0.29) is 5.75 Å². The van der Waals surface area contributed by atoms with E-state index in [0.29, 0.717) is 5.16 Å². The number of nitrogens with zero attached hydrogens (tertiary/aromatic N) is 3. The monoisotopic (exact) mass is 305 g/mol. The first-order valence-electron chi connectivity index (χ1n) is 5.88. The van der Waals surface area contributed by atoms with Gasteiger partial charge in [-0.05, 0) is 30.5 Å². The van der Waals surface area contributed by atoms with Gasteiger partial charge in [0.25, 0.3) is 0 Å². The molecule has 102 valence electrons. The van der Waals surface area contributed by atoms with Crippen LogP contribution >= 0.6 is 23.1 Å². The van der Waals surface area contributed by atoms with Gasteiger partial charge in [0.15, 0.2) is 10.8 Å². The Hall–Kier alpha value is -1.86. The molecule has 20 heavy (non-hydrogen) atoms. The van der Waals surface area contributed by atoms with Crippen LogP contribution in [0.2, 0.25) is 0 Å². The van der Waals surface area contributed by atoms with Crippen LogP contribution in [0.15, 0.2) is 34.1 Å². The van der Waals surface area contributed by atoms with Gasteiger partial charge >= 0.3 is 5.97 Å². The molecule has 3 heterocycles. The molecule has 0 saturated heterocycles. The number of aromatic nitrogens is 3. The van der Waals surface area contributed by atoms with Crippen LogP contribution in [0.1, 0.15) is 5.69 Å². The second kappa shape index (κ2) is 5.26. The van der Waals surface area contributed by atoms with E-state index in [0.717, 1.165) is 22.5 Å². The van der Waals surface area contributed by atoms with Crippen LogP contribution in [0.4, 0.5) is 0 Å².